The molecule has 1 aliphatic carbocycles. The molecule has 110 valence electrons. The van der Waals surface area contributed by atoms with Gasteiger partial charge in [-0.05, 0) is 25.7 Å². The Bertz CT molecular complexity index is 629. The Hall–Kier alpha value is -2.44. The summed E-state index contributed by atoms with van der Waals surface area (Å²) in [5, 5.41) is 3.11. The van der Waals surface area contributed by atoms with E-state index in [2.05, 4.69) is 25.3 Å². The number of imidazole rings is 1. The second-order valence-electron chi connectivity index (χ2n) is 4.95. The highest BCUT2D eigenvalue weighted by Crippen LogP contribution is 2.19. The predicted octanol–water partition coefficient (Wildman–Crippen LogP) is 1.48. The highest BCUT2D eigenvalue weighted by molar-refractivity contribution is 5.94. The van der Waals surface area contributed by atoms with Crippen molar-refractivity contribution < 1.29 is 9.53 Å². The zero-order chi connectivity index (χ0) is 14.7. The summed E-state index contributed by atoms with van der Waals surface area (Å²) in [5.41, 5.74) is 2.71. The highest BCUT2D eigenvalue weighted by atomic mass is 16.5. The van der Waals surface area contributed by atoms with E-state index in [1.807, 2.05) is 0 Å². The van der Waals surface area contributed by atoms with Gasteiger partial charge in [-0.3, -0.25) is 0 Å². The Labute approximate surface area is 122 Å². The number of nitrogens with zero attached hydrogens (tertiary/aromatic N) is 3. The number of carbonyl (C=O) groups is 1. The molecular weight excluding hydrogens is 270 g/mol. The van der Waals surface area contributed by atoms with Gasteiger partial charge in [0, 0.05) is 11.9 Å². The minimum atomic E-state index is -0.461. The van der Waals surface area contributed by atoms with E-state index < -0.39 is 5.97 Å². The molecule has 7 heteroatoms. The third-order valence-electron chi connectivity index (χ3n) is 3.54. The van der Waals surface area contributed by atoms with Gasteiger partial charge in [-0.2, -0.15) is 0 Å². The van der Waals surface area contributed by atoms with Crippen LogP contribution in [0.2, 0.25) is 0 Å². The molecule has 7 nitrogen and oxygen atoms in total. The molecule has 0 radical (unpaired) electrons. The number of H-pyrrole nitrogens is 1. The van der Waals surface area contributed by atoms with Crippen molar-refractivity contribution in [2.45, 2.75) is 32.2 Å². The minimum Gasteiger partial charge on any atom is -0.465 e. The predicted molar refractivity (Wildman–Crippen MR) is 75.9 cm³/mol. The van der Waals surface area contributed by atoms with E-state index in [0.717, 1.165) is 24.4 Å². The molecule has 0 saturated carbocycles. The molecule has 0 unspecified atom stereocenters. The fraction of sp³-hybridized carbons (Fsp3) is 0.429. The summed E-state index contributed by atoms with van der Waals surface area (Å²) < 4.78 is 4.71. The Morgan fingerprint density at radius 2 is 2.29 bits per heavy atom. The number of aromatic nitrogens is 4. The van der Waals surface area contributed by atoms with Crippen LogP contribution < -0.4 is 5.32 Å². The quantitative estimate of drug-likeness (QED) is 0.827. The van der Waals surface area contributed by atoms with E-state index in [9.17, 15) is 4.79 Å². The fourth-order valence-electron chi connectivity index (χ4n) is 2.49. The molecule has 0 amide bonds. The van der Waals surface area contributed by atoms with Gasteiger partial charge in [0.15, 0.2) is 0 Å². The van der Waals surface area contributed by atoms with Crippen LogP contribution in [-0.2, 0) is 24.1 Å². The average molecular weight is 287 g/mol. The van der Waals surface area contributed by atoms with Crippen LogP contribution in [0.5, 0.6) is 0 Å². The molecule has 3 rings (SSSR count). The lowest BCUT2D eigenvalue weighted by Crippen LogP contribution is -2.11. The summed E-state index contributed by atoms with van der Waals surface area (Å²) in [4.78, 5) is 27.5. The molecule has 1 aliphatic rings. The summed E-state index contributed by atoms with van der Waals surface area (Å²) in [6.07, 6.45) is 7.33. The first-order valence-corrected chi connectivity index (χ1v) is 6.96. The zero-order valence-corrected chi connectivity index (χ0v) is 11.8. The van der Waals surface area contributed by atoms with Crippen LogP contribution >= 0.6 is 0 Å². The Balaban J connectivity index is 1.73. The third-order valence-corrected chi connectivity index (χ3v) is 3.54. The van der Waals surface area contributed by atoms with Crippen LogP contribution in [0, 0.1) is 0 Å². The molecule has 0 bridgehead atoms. The molecule has 0 aromatic carbocycles. The van der Waals surface area contributed by atoms with E-state index >= 15 is 0 Å². The molecule has 2 aromatic rings. The van der Waals surface area contributed by atoms with E-state index in [1.165, 1.54) is 38.2 Å². The van der Waals surface area contributed by atoms with Crippen molar-refractivity contribution in [1.82, 2.24) is 19.9 Å². The SMILES string of the molecule is COC(=O)c1cncnc1NCc1nc2c([nH]1)CCCC2. The van der Waals surface area contributed by atoms with Crippen molar-refractivity contribution in [2.24, 2.45) is 0 Å². The molecule has 21 heavy (non-hydrogen) atoms. The van der Waals surface area contributed by atoms with Crippen LogP contribution in [0.25, 0.3) is 0 Å². The minimum absolute atomic E-state index is 0.316. The second kappa shape index (κ2) is 5.90. The van der Waals surface area contributed by atoms with Gasteiger partial charge in [0.1, 0.15) is 23.5 Å². The summed E-state index contributed by atoms with van der Waals surface area (Å²) in [7, 11) is 1.33. The van der Waals surface area contributed by atoms with Crippen LogP contribution in [0.3, 0.4) is 0 Å². The van der Waals surface area contributed by atoms with Gasteiger partial charge in [0.05, 0.1) is 19.3 Å². The first-order chi connectivity index (χ1) is 10.3. The number of fused-ring (bicyclic) bond motifs is 1. The van der Waals surface area contributed by atoms with Crippen LogP contribution in [0.15, 0.2) is 12.5 Å². The second-order valence-corrected chi connectivity index (χ2v) is 4.95. The smallest absolute Gasteiger partial charge is 0.343 e. The first kappa shape index (κ1) is 13.5. The number of aryl methyl sites for hydroxylation is 2. The number of ether oxygens (including phenoxy) is 1. The van der Waals surface area contributed by atoms with Crippen molar-refractivity contribution >= 4 is 11.8 Å². The summed E-state index contributed by atoms with van der Waals surface area (Å²) in [6.45, 7) is 0.480. The number of nitrogens with one attached hydrogen (secondary N) is 2. The molecule has 0 saturated heterocycles. The number of hydrogen-bond donors (Lipinski definition) is 2. The van der Waals surface area contributed by atoms with E-state index in [4.69, 9.17) is 4.74 Å². The lowest BCUT2D eigenvalue weighted by molar-refractivity contribution is 0.0601. The number of carbonyl (C=O) groups excluding carboxylic acids is 1. The number of anilines is 1. The van der Waals surface area contributed by atoms with E-state index in [1.54, 1.807) is 0 Å². The van der Waals surface area contributed by atoms with Crippen molar-refractivity contribution in [3.8, 4) is 0 Å². The number of rotatable bonds is 4. The van der Waals surface area contributed by atoms with Gasteiger partial charge in [-0.25, -0.2) is 19.7 Å². The number of esters is 1. The molecule has 0 fully saturated rings. The van der Waals surface area contributed by atoms with Gasteiger partial charge in [0.25, 0.3) is 0 Å². The third kappa shape index (κ3) is 2.86. The Kier molecular flexibility index (Phi) is 3.81. The monoisotopic (exact) mass is 287 g/mol. The summed E-state index contributed by atoms with van der Waals surface area (Å²) in [5.74, 6) is 0.847. The number of aromatic amines is 1. The van der Waals surface area contributed by atoms with Crippen LogP contribution in [0.1, 0.15) is 40.4 Å². The summed E-state index contributed by atoms with van der Waals surface area (Å²) in [6, 6.07) is 0. The van der Waals surface area contributed by atoms with Crippen LogP contribution in [-0.4, -0.2) is 33.0 Å². The maximum atomic E-state index is 11.6. The molecule has 2 heterocycles. The lowest BCUT2D eigenvalue weighted by atomic mass is 10.0. The Morgan fingerprint density at radius 3 is 3.10 bits per heavy atom. The standard InChI is InChI=1S/C14H17N5O2/c1-21-14(20)9-6-15-8-17-13(9)16-7-12-18-10-4-2-3-5-11(10)19-12/h6,8H,2-5,7H2,1H3,(H,18,19)(H,15,16,17). The lowest BCUT2D eigenvalue weighted by Gasteiger charge is -2.07. The average Bonchev–Trinajstić information content (AvgIpc) is 2.95. The van der Waals surface area contributed by atoms with Gasteiger partial charge in [-0.15, -0.1) is 0 Å². The molecule has 0 aliphatic heterocycles. The van der Waals surface area contributed by atoms with Gasteiger partial charge in [-0.1, -0.05) is 0 Å². The maximum Gasteiger partial charge on any atom is 0.343 e. The Morgan fingerprint density at radius 1 is 1.43 bits per heavy atom. The number of hydrogen-bond acceptors (Lipinski definition) is 6. The molecule has 2 aromatic heterocycles. The number of methoxy groups -OCH3 is 1. The molecule has 2 N–H and O–H groups in total. The van der Waals surface area contributed by atoms with Crippen molar-refractivity contribution in [2.75, 3.05) is 12.4 Å². The topological polar surface area (TPSA) is 92.8 Å². The van der Waals surface area contributed by atoms with E-state index in [0.29, 0.717) is 17.9 Å². The van der Waals surface area contributed by atoms with E-state index in [-0.39, 0.29) is 0 Å². The van der Waals surface area contributed by atoms with Crippen LogP contribution in [0.4, 0.5) is 5.82 Å². The zero-order valence-electron chi connectivity index (χ0n) is 11.8. The molecular formula is C14H17N5O2. The van der Waals surface area contributed by atoms with Crippen molar-refractivity contribution in [3.05, 3.63) is 35.3 Å². The molecule has 0 spiro atoms. The normalized spacial score (nSPS) is 13.6. The van der Waals surface area contributed by atoms with Gasteiger partial charge in [0.2, 0.25) is 0 Å². The molecule has 0 atom stereocenters. The largest absolute Gasteiger partial charge is 0.465 e. The highest BCUT2D eigenvalue weighted by Gasteiger charge is 2.16. The van der Waals surface area contributed by atoms with Crippen molar-refractivity contribution in [1.29, 1.82) is 0 Å². The van der Waals surface area contributed by atoms with Gasteiger partial charge >= 0.3 is 5.97 Å². The fourth-order valence-corrected chi connectivity index (χ4v) is 2.49. The first-order valence-electron chi connectivity index (χ1n) is 6.96. The van der Waals surface area contributed by atoms with Gasteiger partial charge < -0.3 is 15.0 Å². The van der Waals surface area contributed by atoms with Crippen molar-refractivity contribution in [3.63, 3.8) is 0 Å². The maximum absolute atomic E-state index is 11.6. The summed E-state index contributed by atoms with van der Waals surface area (Å²) >= 11 is 0.